The Morgan fingerprint density at radius 3 is 1.26 bits per heavy atom. The van der Waals surface area contributed by atoms with Gasteiger partial charge in [0.05, 0.1) is 29.9 Å². The van der Waals surface area contributed by atoms with E-state index in [1.54, 1.807) is 0 Å². The molecular weight excluding hydrogens is 1410 g/mol. The number of aliphatic hydroxyl groups is 1. The minimum absolute atomic E-state index is 0. The van der Waals surface area contributed by atoms with E-state index in [1.807, 2.05) is 0 Å². The van der Waals surface area contributed by atoms with Crippen molar-refractivity contribution in [2.45, 2.75) is 277 Å². The Morgan fingerprint density at radius 1 is 0.431 bits per heavy atom. The topological polar surface area (TPSA) is 68.8 Å². The van der Waals surface area contributed by atoms with E-state index in [1.165, 1.54) is 44.2 Å². The van der Waals surface area contributed by atoms with Crippen molar-refractivity contribution < 1.29 is 45.5 Å². The van der Waals surface area contributed by atoms with Crippen molar-refractivity contribution in [1.82, 2.24) is 9.13 Å². The van der Waals surface area contributed by atoms with Crippen molar-refractivity contribution in [3.63, 3.8) is 0 Å². The molecule has 550 valence electrons. The molecule has 2 heterocycles. The molecule has 7 heteroatoms. The van der Waals surface area contributed by atoms with Gasteiger partial charge in [-0.15, -0.1) is 0 Å². The van der Waals surface area contributed by atoms with Gasteiger partial charge < -0.3 is 43.7 Å². The van der Waals surface area contributed by atoms with E-state index in [0.29, 0.717) is 6.42 Å². The third-order valence-electron chi connectivity index (χ3n) is 21.1. The van der Waals surface area contributed by atoms with Gasteiger partial charge in [0.25, 0.3) is 0 Å². The predicted molar refractivity (Wildman–Crippen MR) is 439 cm³/mol. The summed E-state index contributed by atoms with van der Waals surface area (Å²) in [5.41, 5.74) is 18.7. The monoisotopic (exact) mass is 1540 g/mol. The molecule has 0 saturated heterocycles. The van der Waals surface area contributed by atoms with Crippen LogP contribution in [0.2, 0.25) is 0 Å². The molecule has 2 unspecified atom stereocenters. The molecule has 0 aliphatic heterocycles. The van der Waals surface area contributed by atoms with Crippen LogP contribution in [0, 0.1) is 44.9 Å². The first-order valence-electron chi connectivity index (χ1n) is 37.0. The number of fused-ring (bicyclic) bond motifs is 6. The molecular formula is C95H130HfN2O4-2. The molecule has 0 amide bonds. The molecule has 2 N–H and O–H groups in total. The molecule has 1 aliphatic rings. The van der Waals surface area contributed by atoms with Gasteiger partial charge in [-0.3, -0.25) is 0 Å². The van der Waals surface area contributed by atoms with Crippen molar-refractivity contribution in [1.29, 1.82) is 0 Å². The predicted octanol–water partition coefficient (Wildman–Crippen LogP) is 26.5. The van der Waals surface area contributed by atoms with Gasteiger partial charge in [0, 0.05) is 81.5 Å². The Labute approximate surface area is 637 Å². The average molecular weight is 1540 g/mol. The van der Waals surface area contributed by atoms with Crippen molar-refractivity contribution in [3.05, 3.63) is 203 Å². The Balaban J connectivity index is 0.00000486. The second-order valence-electron chi connectivity index (χ2n) is 39.9. The molecule has 0 spiro atoms. The van der Waals surface area contributed by atoms with Crippen LogP contribution >= 0.6 is 0 Å². The van der Waals surface area contributed by atoms with E-state index in [2.05, 4.69) is 344 Å². The summed E-state index contributed by atoms with van der Waals surface area (Å²) >= 11 is 0. The molecule has 7 aromatic carbocycles. The summed E-state index contributed by atoms with van der Waals surface area (Å²) in [6.45, 7) is 69.2. The summed E-state index contributed by atoms with van der Waals surface area (Å²) in [7, 11) is 0. The standard InChI is InChI=1S/C93H124N2O4.2CH3.Hf/c1-57-42-59(45-64(43-57)89(21,22)23)74-52-67(92(29,30)56-84(6,7)8)54-80(95-77-38-34-62(87(15,16)17)48-70(77)71-49-63(88(18,19)20)35-39-78(71)95)93(74,97)99-41-31-40-98-82-58(2)44-65(90(24,25)26)50-73(82)72-51-66(91(27,28)55-83(3,4)5)53-79(81(72)96)94-75-36-32-60(85(9,10)11)46-68(75)69-47-61(86(12,13)14)33-37-76(69)94;;;/h32-39,42-54,80,96-97H,31,40-41,55-56H2,1-30H3;2*1H3;/q;2*-1;. The molecule has 2 atom stereocenters. The van der Waals surface area contributed by atoms with Gasteiger partial charge >= 0.3 is 0 Å². The minimum Gasteiger partial charge on any atom is -0.505 e. The summed E-state index contributed by atoms with van der Waals surface area (Å²) in [6.07, 6.45) is 6.91. The number of phenols is 1. The summed E-state index contributed by atoms with van der Waals surface area (Å²) in [6, 6.07) is 42.9. The van der Waals surface area contributed by atoms with E-state index < -0.39 is 11.8 Å². The van der Waals surface area contributed by atoms with Crippen LogP contribution in [0.3, 0.4) is 0 Å². The fourth-order valence-corrected chi connectivity index (χ4v) is 16.0. The summed E-state index contributed by atoms with van der Waals surface area (Å²) in [5, 5.41) is 33.0. The molecule has 0 saturated carbocycles. The molecule has 0 radical (unpaired) electrons. The molecule has 0 fully saturated rings. The van der Waals surface area contributed by atoms with E-state index in [-0.39, 0.29) is 114 Å². The fourth-order valence-electron chi connectivity index (χ4n) is 16.0. The molecule has 1 aliphatic carbocycles. The van der Waals surface area contributed by atoms with Gasteiger partial charge in [0.2, 0.25) is 5.79 Å². The van der Waals surface area contributed by atoms with Gasteiger partial charge in [-0.05, 0) is 209 Å². The first kappa shape index (κ1) is 83.3. The van der Waals surface area contributed by atoms with Crippen molar-refractivity contribution in [2.75, 3.05) is 13.2 Å². The number of rotatable bonds is 14. The number of ether oxygens (including phenoxy) is 2. The smallest absolute Gasteiger partial charge is 0.218 e. The molecule has 6 nitrogen and oxygen atoms in total. The zero-order valence-electron chi connectivity index (χ0n) is 69.3. The summed E-state index contributed by atoms with van der Waals surface area (Å²) in [4.78, 5) is 0. The third-order valence-corrected chi connectivity index (χ3v) is 21.1. The molecule has 102 heavy (non-hydrogen) atoms. The van der Waals surface area contributed by atoms with Gasteiger partial charge in [-0.25, -0.2) is 0 Å². The van der Waals surface area contributed by atoms with E-state index >= 15 is 0 Å². The van der Waals surface area contributed by atoms with Crippen LogP contribution in [0.1, 0.15) is 275 Å². The maximum absolute atomic E-state index is 14.7. The van der Waals surface area contributed by atoms with Gasteiger partial charge in [-0.2, -0.15) is 0 Å². The van der Waals surface area contributed by atoms with Crippen LogP contribution in [0.5, 0.6) is 11.5 Å². The number of allylic oxidation sites excluding steroid dienone is 2. The maximum Gasteiger partial charge on any atom is 0.218 e. The van der Waals surface area contributed by atoms with Gasteiger partial charge in [-0.1, -0.05) is 254 Å². The largest absolute Gasteiger partial charge is 0.505 e. The van der Waals surface area contributed by atoms with Crippen LogP contribution in [0.25, 0.3) is 66.0 Å². The molecule has 9 aromatic rings. The average Bonchev–Trinajstić information content (AvgIpc) is 1.54. The number of hydrogen-bond acceptors (Lipinski definition) is 4. The zero-order valence-corrected chi connectivity index (χ0v) is 72.9. The second kappa shape index (κ2) is 28.4. The van der Waals surface area contributed by atoms with Crippen LogP contribution < -0.4 is 4.74 Å². The number of aryl methyl sites for hydroxylation is 2. The van der Waals surface area contributed by atoms with Crippen LogP contribution in [-0.2, 0) is 68.5 Å². The number of benzene rings is 7. The summed E-state index contributed by atoms with van der Waals surface area (Å²) < 4.78 is 19.5. The first-order valence-corrected chi connectivity index (χ1v) is 37.0. The van der Waals surface area contributed by atoms with E-state index in [0.717, 1.165) is 102 Å². The normalized spacial score (nSPS) is 16.3. The fraction of sp³-hybridized carbons (Fsp3) is 0.495. The maximum atomic E-state index is 14.7. The molecule has 0 bridgehead atoms. The Hall–Kier alpha value is -5.99. The number of nitrogens with zero attached hydrogens (tertiary/aromatic N) is 2. The number of phenolic OH excluding ortho intramolecular Hbond substituents is 1. The van der Waals surface area contributed by atoms with E-state index in [4.69, 9.17) is 9.47 Å². The third kappa shape index (κ3) is 17.0. The van der Waals surface area contributed by atoms with Gasteiger partial charge in [0.1, 0.15) is 17.5 Å². The quantitative estimate of drug-likeness (QED) is 0.0493. The van der Waals surface area contributed by atoms with Crippen molar-refractivity contribution in [2.24, 2.45) is 16.2 Å². The van der Waals surface area contributed by atoms with E-state index in [9.17, 15) is 10.2 Å². The Kier molecular flexibility index (Phi) is 23.2. The molecule has 10 rings (SSSR count). The summed E-state index contributed by atoms with van der Waals surface area (Å²) in [5.74, 6) is -0.956. The van der Waals surface area contributed by atoms with Gasteiger partial charge in [0.15, 0.2) is 0 Å². The van der Waals surface area contributed by atoms with Crippen molar-refractivity contribution in [3.8, 4) is 28.3 Å². The SMILES string of the molecule is Cc1cc(C2=CC(C(C)(C)CC(C)(C)C)=CC(n3c4ccc(C(C)(C)C)cc4c4cc(C(C)(C)C)ccc43)C2(O)OCCCOc2c(C)cc(C(C)(C)C)cc2-c2cc(C(C)(C)CC(C)(C)C)cc(-n3c4ccc(C(C)(C)C)cc4c4cc(C(C)(C)C)ccc43)c2O)cc(C(C)(C)C)c1.[CH3-].[CH3-].[Hf]. The Morgan fingerprint density at radius 2 is 0.833 bits per heavy atom. The minimum atomic E-state index is -1.87. The number of aromatic hydroxyl groups is 1. The Bertz CT molecular complexity index is 4510. The van der Waals surface area contributed by atoms with Crippen LogP contribution in [0.4, 0.5) is 0 Å². The zero-order chi connectivity index (χ0) is 73.5. The van der Waals surface area contributed by atoms with Crippen LogP contribution in [-0.4, -0.2) is 38.3 Å². The number of hydrogen-bond donors (Lipinski definition) is 2. The molecule has 2 aromatic heterocycles. The first-order chi connectivity index (χ1) is 45.2. The van der Waals surface area contributed by atoms with Crippen LogP contribution in [0.15, 0.2) is 133 Å². The second-order valence-corrected chi connectivity index (χ2v) is 39.9. The number of aromatic nitrogens is 2. The van der Waals surface area contributed by atoms with Crippen molar-refractivity contribution >= 4 is 49.2 Å².